The zero-order valence-electron chi connectivity index (χ0n) is 17.9. The highest BCUT2D eigenvalue weighted by Gasteiger charge is 2.60. The summed E-state index contributed by atoms with van der Waals surface area (Å²) in [4.78, 5) is 13.5. The maximum Gasteiger partial charge on any atom is 0.165 e. The van der Waals surface area contributed by atoms with Gasteiger partial charge in [0, 0.05) is 23.7 Å². The molecule has 0 amide bonds. The Kier molecular flexibility index (Phi) is 4.37. The number of ketones is 1. The second-order valence-electron chi connectivity index (χ2n) is 10.7. The first-order chi connectivity index (χ1) is 13.5. The summed E-state index contributed by atoms with van der Waals surface area (Å²) in [6.45, 7) is 7.88. The van der Waals surface area contributed by atoms with E-state index in [4.69, 9.17) is 0 Å². The van der Waals surface area contributed by atoms with Crippen molar-refractivity contribution in [2.45, 2.75) is 85.1 Å². The van der Waals surface area contributed by atoms with Crippen LogP contribution in [0, 0.1) is 34.5 Å². The van der Waals surface area contributed by atoms with Crippen molar-refractivity contribution in [2.24, 2.45) is 34.5 Å². The minimum Gasteiger partial charge on any atom is -0.294 e. The van der Waals surface area contributed by atoms with Gasteiger partial charge in [0.05, 0.1) is 6.20 Å². The SMILES string of the molecule is CCn1cc(/C=C2/C[C@H]3[C@@H]4CC[C@H]5CCCC[C@]5(C)[C@H]4CC[C@]3(C)C2=O)cn1. The Bertz CT molecular complexity index is 807. The molecule has 4 saturated carbocycles. The maximum atomic E-state index is 13.5. The van der Waals surface area contributed by atoms with Crippen LogP contribution in [0.1, 0.15) is 84.1 Å². The Morgan fingerprint density at radius 3 is 2.79 bits per heavy atom. The third kappa shape index (κ3) is 2.60. The van der Waals surface area contributed by atoms with Crippen molar-refractivity contribution in [1.82, 2.24) is 9.78 Å². The number of allylic oxidation sites excluding steroid dienone is 1. The molecular formula is C25H36N2O. The van der Waals surface area contributed by atoms with E-state index in [-0.39, 0.29) is 5.41 Å². The molecule has 0 aromatic carbocycles. The molecule has 4 aliphatic rings. The first-order valence-electron chi connectivity index (χ1n) is 11.7. The number of aryl methyl sites for hydroxylation is 1. The predicted molar refractivity (Wildman–Crippen MR) is 113 cm³/mol. The fraction of sp³-hybridized carbons (Fsp3) is 0.760. The summed E-state index contributed by atoms with van der Waals surface area (Å²) in [5.41, 5.74) is 2.58. The summed E-state index contributed by atoms with van der Waals surface area (Å²) in [7, 11) is 0. The van der Waals surface area contributed by atoms with Gasteiger partial charge in [-0.3, -0.25) is 9.48 Å². The molecule has 3 nitrogen and oxygen atoms in total. The number of hydrogen-bond donors (Lipinski definition) is 0. The van der Waals surface area contributed by atoms with Gasteiger partial charge in [-0.2, -0.15) is 5.10 Å². The van der Waals surface area contributed by atoms with Crippen molar-refractivity contribution in [2.75, 3.05) is 0 Å². The predicted octanol–water partition coefficient (Wildman–Crippen LogP) is 5.90. The van der Waals surface area contributed by atoms with Crippen LogP contribution in [0.15, 0.2) is 18.0 Å². The molecule has 1 aromatic rings. The topological polar surface area (TPSA) is 34.9 Å². The van der Waals surface area contributed by atoms with Crippen LogP contribution in [0.3, 0.4) is 0 Å². The Morgan fingerprint density at radius 2 is 2.00 bits per heavy atom. The number of aromatic nitrogens is 2. The van der Waals surface area contributed by atoms with E-state index < -0.39 is 0 Å². The smallest absolute Gasteiger partial charge is 0.165 e. The van der Waals surface area contributed by atoms with Crippen LogP contribution in [-0.4, -0.2) is 15.6 Å². The molecule has 4 fully saturated rings. The molecule has 28 heavy (non-hydrogen) atoms. The highest BCUT2D eigenvalue weighted by atomic mass is 16.1. The highest BCUT2D eigenvalue weighted by Crippen LogP contribution is 2.66. The van der Waals surface area contributed by atoms with E-state index in [1.165, 1.54) is 44.9 Å². The monoisotopic (exact) mass is 380 g/mol. The molecule has 1 heterocycles. The van der Waals surface area contributed by atoms with Crippen molar-refractivity contribution in [3.63, 3.8) is 0 Å². The average Bonchev–Trinajstić information content (AvgIpc) is 3.25. The molecule has 3 heteroatoms. The zero-order chi connectivity index (χ0) is 19.5. The molecule has 152 valence electrons. The van der Waals surface area contributed by atoms with Gasteiger partial charge in [-0.25, -0.2) is 0 Å². The number of nitrogens with zero attached hydrogens (tertiary/aromatic N) is 2. The first-order valence-corrected chi connectivity index (χ1v) is 11.7. The zero-order valence-corrected chi connectivity index (χ0v) is 17.9. The lowest BCUT2D eigenvalue weighted by molar-refractivity contribution is -0.137. The molecule has 0 N–H and O–H groups in total. The van der Waals surface area contributed by atoms with Crippen molar-refractivity contribution < 1.29 is 4.79 Å². The molecule has 0 aliphatic heterocycles. The second kappa shape index (κ2) is 6.57. The Morgan fingerprint density at radius 1 is 1.14 bits per heavy atom. The normalized spacial score (nSPS) is 44.2. The number of carbonyl (C=O) groups is 1. The minimum atomic E-state index is -0.119. The summed E-state index contributed by atoms with van der Waals surface area (Å²) in [5, 5.41) is 4.39. The Labute approximate surface area is 170 Å². The molecule has 1 aromatic heterocycles. The second-order valence-corrected chi connectivity index (χ2v) is 10.7. The quantitative estimate of drug-likeness (QED) is 0.599. The van der Waals surface area contributed by atoms with Gasteiger partial charge in [0.2, 0.25) is 0 Å². The molecule has 4 aliphatic carbocycles. The minimum absolute atomic E-state index is 0.119. The fourth-order valence-corrected chi connectivity index (χ4v) is 7.92. The van der Waals surface area contributed by atoms with Gasteiger partial charge in [-0.1, -0.05) is 26.7 Å². The lowest BCUT2D eigenvalue weighted by Crippen LogP contribution is -2.52. The Hall–Kier alpha value is -1.38. The van der Waals surface area contributed by atoms with Crippen LogP contribution in [0.4, 0.5) is 0 Å². The lowest BCUT2D eigenvalue weighted by atomic mass is 9.45. The van der Waals surface area contributed by atoms with Gasteiger partial charge in [0.25, 0.3) is 0 Å². The molecule has 5 rings (SSSR count). The van der Waals surface area contributed by atoms with E-state index in [1.807, 2.05) is 10.9 Å². The standard InChI is InChI=1S/C25H36N2O/c1-4-27-16-17(15-26-27)13-18-14-22-20-9-8-19-7-5-6-11-24(19,2)21(20)10-12-25(22,3)23(18)28/h13,15-16,19-22H,4-12,14H2,1-3H3/b18-13-/t19-,20-,21+,22+,24+,25+/m1/s1. The van der Waals surface area contributed by atoms with E-state index in [0.717, 1.165) is 48.3 Å². The van der Waals surface area contributed by atoms with Gasteiger partial charge >= 0.3 is 0 Å². The summed E-state index contributed by atoms with van der Waals surface area (Å²) >= 11 is 0. The van der Waals surface area contributed by atoms with Crippen LogP contribution in [-0.2, 0) is 11.3 Å². The van der Waals surface area contributed by atoms with Gasteiger partial charge < -0.3 is 0 Å². The first kappa shape index (κ1) is 18.6. The highest BCUT2D eigenvalue weighted by molar-refractivity contribution is 6.05. The van der Waals surface area contributed by atoms with Crippen LogP contribution >= 0.6 is 0 Å². The summed E-state index contributed by atoms with van der Waals surface area (Å²) in [6.07, 6.45) is 18.0. The largest absolute Gasteiger partial charge is 0.294 e. The number of hydrogen-bond acceptors (Lipinski definition) is 2. The number of rotatable bonds is 2. The van der Waals surface area contributed by atoms with Crippen LogP contribution < -0.4 is 0 Å². The van der Waals surface area contributed by atoms with E-state index >= 15 is 0 Å². The Balaban J connectivity index is 1.45. The molecule has 6 atom stereocenters. The molecule has 0 spiro atoms. The van der Waals surface area contributed by atoms with E-state index in [0.29, 0.717) is 17.1 Å². The molecular weight excluding hydrogens is 344 g/mol. The molecule has 0 saturated heterocycles. The summed E-state index contributed by atoms with van der Waals surface area (Å²) < 4.78 is 1.95. The maximum absolute atomic E-state index is 13.5. The van der Waals surface area contributed by atoms with Crippen molar-refractivity contribution in [1.29, 1.82) is 0 Å². The van der Waals surface area contributed by atoms with Crippen LogP contribution in [0.25, 0.3) is 6.08 Å². The molecule has 0 bridgehead atoms. The van der Waals surface area contributed by atoms with Gasteiger partial charge in [0.15, 0.2) is 5.78 Å². The van der Waals surface area contributed by atoms with E-state index in [2.05, 4.69) is 38.1 Å². The van der Waals surface area contributed by atoms with Gasteiger partial charge in [-0.05, 0) is 92.6 Å². The van der Waals surface area contributed by atoms with Gasteiger partial charge in [-0.15, -0.1) is 0 Å². The molecule has 0 unspecified atom stereocenters. The number of Topliss-reactive ketones (excluding diaryl/α,β-unsaturated/α-hetero) is 1. The average molecular weight is 381 g/mol. The van der Waals surface area contributed by atoms with Crippen LogP contribution in [0.2, 0.25) is 0 Å². The van der Waals surface area contributed by atoms with Crippen molar-refractivity contribution >= 4 is 11.9 Å². The van der Waals surface area contributed by atoms with Gasteiger partial charge in [0.1, 0.15) is 0 Å². The van der Waals surface area contributed by atoms with E-state index in [9.17, 15) is 4.79 Å². The number of carbonyl (C=O) groups excluding carboxylic acids is 1. The third-order valence-electron chi connectivity index (χ3n) is 9.54. The summed E-state index contributed by atoms with van der Waals surface area (Å²) in [5.74, 6) is 3.55. The van der Waals surface area contributed by atoms with Crippen molar-refractivity contribution in [3.8, 4) is 0 Å². The fourth-order valence-electron chi connectivity index (χ4n) is 7.92. The third-order valence-corrected chi connectivity index (χ3v) is 9.54. The van der Waals surface area contributed by atoms with Crippen molar-refractivity contribution in [3.05, 3.63) is 23.5 Å². The number of fused-ring (bicyclic) bond motifs is 5. The summed E-state index contributed by atoms with van der Waals surface area (Å²) in [6, 6.07) is 0. The lowest BCUT2D eigenvalue weighted by Gasteiger charge is -2.59. The van der Waals surface area contributed by atoms with E-state index in [1.54, 1.807) is 0 Å². The van der Waals surface area contributed by atoms with Crippen LogP contribution in [0.5, 0.6) is 0 Å². The molecule has 0 radical (unpaired) electrons.